The molecule has 0 saturated carbocycles. The lowest BCUT2D eigenvalue weighted by atomic mass is 10.1. The van der Waals surface area contributed by atoms with E-state index in [0.717, 1.165) is 25.9 Å². The first-order chi connectivity index (χ1) is 7.25. The predicted molar refractivity (Wildman–Crippen MR) is 56.3 cm³/mol. The Bertz CT molecular complexity index is 335. The summed E-state index contributed by atoms with van der Waals surface area (Å²) in [5, 5.41) is 21.7. The third-order valence-corrected chi connectivity index (χ3v) is 2.50. The van der Waals surface area contributed by atoms with E-state index in [1.165, 1.54) is 12.1 Å². The van der Waals surface area contributed by atoms with Crippen molar-refractivity contribution < 1.29 is 14.9 Å². The molecule has 1 fully saturated rings. The Hall–Kier alpha value is -1.42. The number of nitrogens with one attached hydrogen (secondary N) is 1. The lowest BCUT2D eigenvalue weighted by Gasteiger charge is -2.23. The summed E-state index contributed by atoms with van der Waals surface area (Å²) in [7, 11) is 0. The van der Waals surface area contributed by atoms with Crippen LogP contribution in [0.15, 0.2) is 18.2 Å². The van der Waals surface area contributed by atoms with E-state index in [0.29, 0.717) is 5.75 Å². The normalized spacial score (nSPS) is 21.2. The van der Waals surface area contributed by atoms with Gasteiger partial charge in [-0.3, -0.25) is 0 Å². The Morgan fingerprint density at radius 2 is 2.13 bits per heavy atom. The van der Waals surface area contributed by atoms with Crippen LogP contribution in [0.1, 0.15) is 12.8 Å². The fourth-order valence-electron chi connectivity index (χ4n) is 1.69. The van der Waals surface area contributed by atoms with E-state index in [9.17, 15) is 5.11 Å². The van der Waals surface area contributed by atoms with E-state index < -0.39 is 0 Å². The summed E-state index contributed by atoms with van der Waals surface area (Å²) in [4.78, 5) is 0. The van der Waals surface area contributed by atoms with Crippen molar-refractivity contribution in [1.29, 1.82) is 0 Å². The van der Waals surface area contributed by atoms with E-state index in [-0.39, 0.29) is 17.6 Å². The van der Waals surface area contributed by atoms with E-state index in [4.69, 9.17) is 9.84 Å². The summed E-state index contributed by atoms with van der Waals surface area (Å²) >= 11 is 0. The number of hydrogen-bond donors (Lipinski definition) is 3. The van der Waals surface area contributed by atoms with Crippen molar-refractivity contribution in [3.63, 3.8) is 0 Å². The first kappa shape index (κ1) is 10.1. The maximum atomic E-state index is 9.28. The number of benzene rings is 1. The first-order valence-electron chi connectivity index (χ1n) is 5.15. The third kappa shape index (κ3) is 2.53. The van der Waals surface area contributed by atoms with Gasteiger partial charge in [0.15, 0.2) is 11.5 Å². The van der Waals surface area contributed by atoms with E-state index >= 15 is 0 Å². The van der Waals surface area contributed by atoms with Gasteiger partial charge in [-0.2, -0.15) is 0 Å². The maximum Gasteiger partial charge on any atom is 0.161 e. The van der Waals surface area contributed by atoms with Crippen molar-refractivity contribution in [3.05, 3.63) is 18.2 Å². The molecule has 1 aliphatic rings. The molecule has 2 rings (SSSR count). The number of rotatable bonds is 2. The summed E-state index contributed by atoms with van der Waals surface area (Å²) in [5.74, 6) is 0.333. The van der Waals surface area contributed by atoms with Crippen molar-refractivity contribution in [2.45, 2.75) is 18.9 Å². The lowest BCUT2D eigenvalue weighted by molar-refractivity contribution is 0.166. The Labute approximate surface area is 88.5 Å². The fourth-order valence-corrected chi connectivity index (χ4v) is 1.69. The van der Waals surface area contributed by atoms with Crippen molar-refractivity contribution >= 4 is 0 Å². The van der Waals surface area contributed by atoms with Crippen LogP contribution in [-0.4, -0.2) is 29.4 Å². The molecule has 4 heteroatoms. The van der Waals surface area contributed by atoms with Crippen molar-refractivity contribution in [2.24, 2.45) is 0 Å². The van der Waals surface area contributed by atoms with E-state index in [2.05, 4.69) is 5.32 Å². The summed E-state index contributed by atoms with van der Waals surface area (Å²) in [6, 6.07) is 4.52. The highest BCUT2D eigenvalue weighted by atomic mass is 16.5. The monoisotopic (exact) mass is 209 g/mol. The molecular weight excluding hydrogens is 194 g/mol. The summed E-state index contributed by atoms with van der Waals surface area (Å²) in [6.45, 7) is 1.88. The van der Waals surface area contributed by atoms with E-state index in [1.807, 2.05) is 0 Å². The minimum atomic E-state index is -0.142. The number of phenols is 2. The molecule has 4 nitrogen and oxygen atoms in total. The van der Waals surface area contributed by atoms with Gasteiger partial charge in [-0.15, -0.1) is 0 Å². The van der Waals surface area contributed by atoms with Gasteiger partial charge in [0.25, 0.3) is 0 Å². The molecule has 0 aliphatic carbocycles. The van der Waals surface area contributed by atoms with Crippen LogP contribution in [0.5, 0.6) is 17.2 Å². The van der Waals surface area contributed by atoms with Crippen molar-refractivity contribution in [3.8, 4) is 17.2 Å². The van der Waals surface area contributed by atoms with Crippen LogP contribution in [0.3, 0.4) is 0 Å². The molecule has 0 radical (unpaired) electrons. The minimum absolute atomic E-state index is 0.121. The Balaban J connectivity index is 2.00. The van der Waals surface area contributed by atoms with Gasteiger partial charge in [0.1, 0.15) is 11.9 Å². The minimum Gasteiger partial charge on any atom is -0.504 e. The summed E-state index contributed by atoms with van der Waals surface area (Å²) in [6.07, 6.45) is 2.28. The molecule has 1 aromatic rings. The molecule has 1 heterocycles. The molecule has 0 aromatic heterocycles. The quantitative estimate of drug-likeness (QED) is 0.641. The van der Waals surface area contributed by atoms with Crippen molar-refractivity contribution in [1.82, 2.24) is 5.32 Å². The zero-order valence-electron chi connectivity index (χ0n) is 8.44. The average molecular weight is 209 g/mol. The zero-order chi connectivity index (χ0) is 10.7. The van der Waals surface area contributed by atoms with Gasteiger partial charge in [-0.05, 0) is 31.5 Å². The highest BCUT2D eigenvalue weighted by Gasteiger charge is 2.14. The molecule has 0 spiro atoms. The molecule has 3 N–H and O–H groups in total. The van der Waals surface area contributed by atoms with Gasteiger partial charge in [-0.1, -0.05) is 0 Å². The molecule has 0 bridgehead atoms. The molecule has 1 unspecified atom stereocenters. The topological polar surface area (TPSA) is 61.7 Å². The van der Waals surface area contributed by atoms with Crippen LogP contribution < -0.4 is 10.1 Å². The van der Waals surface area contributed by atoms with Crippen LogP contribution >= 0.6 is 0 Å². The number of hydrogen-bond acceptors (Lipinski definition) is 4. The summed E-state index contributed by atoms with van der Waals surface area (Å²) < 4.78 is 5.66. The lowest BCUT2D eigenvalue weighted by Crippen LogP contribution is -2.37. The fraction of sp³-hybridized carbons (Fsp3) is 0.455. The van der Waals surface area contributed by atoms with Crippen LogP contribution in [0.4, 0.5) is 0 Å². The summed E-state index contributed by atoms with van der Waals surface area (Å²) in [5.41, 5.74) is 0. The Morgan fingerprint density at radius 1 is 1.27 bits per heavy atom. The average Bonchev–Trinajstić information content (AvgIpc) is 2.25. The van der Waals surface area contributed by atoms with Crippen LogP contribution in [0.2, 0.25) is 0 Å². The zero-order valence-corrected chi connectivity index (χ0v) is 8.44. The number of piperidine rings is 1. The molecular formula is C11H15NO3. The number of phenolic OH excluding ortho intramolecular Hbond substituents is 2. The van der Waals surface area contributed by atoms with Gasteiger partial charge in [0.2, 0.25) is 0 Å². The van der Waals surface area contributed by atoms with Crippen LogP contribution in [0, 0.1) is 0 Å². The van der Waals surface area contributed by atoms with Gasteiger partial charge >= 0.3 is 0 Å². The second-order valence-electron chi connectivity index (χ2n) is 3.74. The Morgan fingerprint density at radius 3 is 2.80 bits per heavy atom. The Kier molecular flexibility index (Phi) is 2.97. The third-order valence-electron chi connectivity index (χ3n) is 2.50. The number of ether oxygens (including phenoxy) is 1. The molecule has 15 heavy (non-hydrogen) atoms. The van der Waals surface area contributed by atoms with Crippen molar-refractivity contribution in [2.75, 3.05) is 13.1 Å². The second kappa shape index (κ2) is 4.40. The molecule has 1 saturated heterocycles. The number of aromatic hydroxyl groups is 2. The standard InChI is InChI=1S/C11H15NO3/c13-10-4-3-8(6-11(10)14)15-9-2-1-5-12-7-9/h3-4,6,9,12-14H,1-2,5,7H2. The van der Waals surface area contributed by atoms with Crippen LogP contribution in [-0.2, 0) is 0 Å². The molecule has 1 atom stereocenters. The molecule has 0 amide bonds. The predicted octanol–water partition coefficient (Wildman–Crippen LogP) is 1.23. The second-order valence-corrected chi connectivity index (χ2v) is 3.74. The highest BCUT2D eigenvalue weighted by Crippen LogP contribution is 2.29. The largest absolute Gasteiger partial charge is 0.504 e. The van der Waals surface area contributed by atoms with Gasteiger partial charge in [0, 0.05) is 12.6 Å². The maximum absolute atomic E-state index is 9.28. The van der Waals surface area contributed by atoms with Crippen LogP contribution in [0.25, 0.3) is 0 Å². The highest BCUT2D eigenvalue weighted by molar-refractivity contribution is 5.43. The molecule has 82 valence electrons. The van der Waals surface area contributed by atoms with Gasteiger partial charge < -0.3 is 20.3 Å². The molecule has 1 aliphatic heterocycles. The van der Waals surface area contributed by atoms with Gasteiger partial charge in [0.05, 0.1) is 0 Å². The van der Waals surface area contributed by atoms with Gasteiger partial charge in [-0.25, -0.2) is 0 Å². The smallest absolute Gasteiger partial charge is 0.161 e. The SMILES string of the molecule is Oc1ccc(OC2CCCNC2)cc1O. The first-order valence-corrected chi connectivity index (χ1v) is 5.15. The molecule has 1 aromatic carbocycles. The van der Waals surface area contributed by atoms with E-state index in [1.54, 1.807) is 6.07 Å².